The number of primary amides is 1. The average Bonchev–Trinajstić information content (AvgIpc) is 2.37. The Bertz CT molecular complexity index is 535. The van der Waals surface area contributed by atoms with E-state index in [0.29, 0.717) is 17.1 Å². The lowest BCUT2D eigenvalue weighted by molar-refractivity contribution is -0.186. The summed E-state index contributed by atoms with van der Waals surface area (Å²) in [4.78, 5) is 11.8. The first kappa shape index (κ1) is 15.9. The lowest BCUT2D eigenvalue weighted by Gasteiger charge is -2.40. The zero-order valence-corrected chi connectivity index (χ0v) is 12.0. The molecule has 1 saturated carbocycles. The number of alkyl halides is 3. The van der Waals surface area contributed by atoms with Crippen molar-refractivity contribution in [2.45, 2.75) is 37.4 Å². The van der Waals surface area contributed by atoms with Gasteiger partial charge in [-0.15, -0.1) is 0 Å². The van der Waals surface area contributed by atoms with E-state index in [0.717, 1.165) is 0 Å². The van der Waals surface area contributed by atoms with Crippen LogP contribution in [0.15, 0.2) is 24.3 Å². The molecule has 0 bridgehead atoms. The minimum Gasteiger partial charge on any atom is -0.371 e. The number of carbonyl (C=O) groups is 1. The van der Waals surface area contributed by atoms with E-state index in [1.54, 1.807) is 24.3 Å². The Morgan fingerprint density at radius 2 is 2.14 bits per heavy atom. The zero-order chi connectivity index (χ0) is 15.7. The van der Waals surface area contributed by atoms with Gasteiger partial charge in [0, 0.05) is 10.7 Å². The molecule has 1 fully saturated rings. The van der Waals surface area contributed by atoms with Crippen molar-refractivity contribution in [3.63, 3.8) is 0 Å². The van der Waals surface area contributed by atoms with Crippen molar-refractivity contribution < 1.29 is 18.0 Å². The molecule has 2 rings (SSSR count). The molecule has 0 spiro atoms. The number of hydrogen-bond acceptors (Lipinski definition) is 2. The summed E-state index contributed by atoms with van der Waals surface area (Å²) in [7, 11) is 0. The van der Waals surface area contributed by atoms with Gasteiger partial charge in [-0.2, -0.15) is 13.2 Å². The predicted molar refractivity (Wildman–Crippen MR) is 75.0 cm³/mol. The van der Waals surface area contributed by atoms with Gasteiger partial charge < -0.3 is 11.1 Å². The minimum atomic E-state index is -4.32. The third-order valence-electron chi connectivity index (χ3n) is 3.89. The quantitative estimate of drug-likeness (QED) is 0.891. The molecule has 7 heteroatoms. The maximum Gasteiger partial charge on any atom is 0.391 e. The Morgan fingerprint density at radius 1 is 1.43 bits per heavy atom. The molecule has 3 N–H and O–H groups in total. The fraction of sp³-hybridized carbons (Fsp3) is 0.500. The van der Waals surface area contributed by atoms with Gasteiger partial charge in [0.05, 0.1) is 5.92 Å². The van der Waals surface area contributed by atoms with Gasteiger partial charge in [0.15, 0.2) is 0 Å². The van der Waals surface area contributed by atoms with Crippen LogP contribution in [0, 0.1) is 5.92 Å². The summed E-state index contributed by atoms with van der Waals surface area (Å²) in [6, 6.07) is 6.50. The molecule has 0 radical (unpaired) electrons. The van der Waals surface area contributed by atoms with Crippen molar-refractivity contribution in [2.75, 3.05) is 5.32 Å². The Kier molecular flexibility index (Phi) is 4.37. The van der Waals surface area contributed by atoms with Crippen LogP contribution in [-0.4, -0.2) is 17.6 Å². The Labute approximate surface area is 125 Å². The largest absolute Gasteiger partial charge is 0.391 e. The smallest absolute Gasteiger partial charge is 0.371 e. The van der Waals surface area contributed by atoms with Crippen molar-refractivity contribution in [3.8, 4) is 0 Å². The first-order chi connectivity index (χ1) is 9.73. The molecule has 3 nitrogen and oxygen atoms in total. The van der Waals surface area contributed by atoms with Gasteiger partial charge in [-0.1, -0.05) is 17.7 Å². The highest BCUT2D eigenvalue weighted by Crippen LogP contribution is 2.43. The standard InChI is InChI=1S/C14H16ClF3N2O/c15-10-4-1-5-11(7-10)20-13(12(19)21)6-2-3-9(8-13)14(16,17)18/h1,4-5,7,9,20H,2-3,6,8H2,(H2,19,21). The molecule has 0 aromatic heterocycles. The number of halogens is 4. The normalized spacial score (nSPS) is 26.4. The van der Waals surface area contributed by atoms with Gasteiger partial charge >= 0.3 is 6.18 Å². The molecular formula is C14H16ClF3N2O. The lowest BCUT2D eigenvalue weighted by Crippen LogP contribution is -2.55. The van der Waals surface area contributed by atoms with Gasteiger partial charge in [0.25, 0.3) is 0 Å². The molecule has 0 aliphatic heterocycles. The first-order valence-corrected chi connectivity index (χ1v) is 7.01. The summed E-state index contributed by atoms with van der Waals surface area (Å²) in [5, 5.41) is 3.31. The highest BCUT2D eigenvalue weighted by Gasteiger charge is 2.50. The Hall–Kier alpha value is -1.43. The minimum absolute atomic E-state index is 0.0236. The number of hydrogen-bond donors (Lipinski definition) is 2. The zero-order valence-electron chi connectivity index (χ0n) is 11.2. The molecule has 1 aliphatic rings. The summed E-state index contributed by atoms with van der Waals surface area (Å²) < 4.78 is 38.8. The van der Waals surface area contributed by atoms with Gasteiger partial charge in [-0.3, -0.25) is 4.79 Å². The Balaban J connectivity index is 2.26. The number of anilines is 1. The number of carbonyl (C=O) groups excluding carboxylic acids is 1. The molecule has 21 heavy (non-hydrogen) atoms. The number of nitrogens with two attached hydrogens (primary N) is 1. The van der Waals surface area contributed by atoms with E-state index in [9.17, 15) is 18.0 Å². The van der Waals surface area contributed by atoms with Gasteiger partial charge in [-0.05, 0) is 43.9 Å². The molecule has 1 amide bonds. The monoisotopic (exact) mass is 320 g/mol. The van der Waals surface area contributed by atoms with Crippen LogP contribution < -0.4 is 11.1 Å². The highest BCUT2D eigenvalue weighted by molar-refractivity contribution is 6.30. The molecule has 1 aromatic carbocycles. The van der Waals surface area contributed by atoms with E-state index >= 15 is 0 Å². The molecule has 1 aliphatic carbocycles. The molecule has 0 heterocycles. The molecular weight excluding hydrogens is 305 g/mol. The third-order valence-corrected chi connectivity index (χ3v) is 4.13. The topological polar surface area (TPSA) is 55.1 Å². The van der Waals surface area contributed by atoms with E-state index in [4.69, 9.17) is 17.3 Å². The molecule has 0 saturated heterocycles. The highest BCUT2D eigenvalue weighted by atomic mass is 35.5. The van der Waals surface area contributed by atoms with Crippen LogP contribution in [0.5, 0.6) is 0 Å². The van der Waals surface area contributed by atoms with Crippen molar-refractivity contribution in [1.29, 1.82) is 0 Å². The van der Waals surface area contributed by atoms with E-state index in [1.807, 2.05) is 0 Å². The van der Waals surface area contributed by atoms with Gasteiger partial charge in [-0.25, -0.2) is 0 Å². The van der Waals surface area contributed by atoms with Crippen molar-refractivity contribution >= 4 is 23.2 Å². The number of rotatable bonds is 3. The molecule has 2 atom stereocenters. The van der Waals surface area contributed by atoms with Crippen molar-refractivity contribution in [3.05, 3.63) is 29.3 Å². The molecule has 116 valence electrons. The van der Waals surface area contributed by atoms with Crippen LogP contribution in [0.3, 0.4) is 0 Å². The lowest BCUT2D eigenvalue weighted by atomic mass is 9.74. The molecule has 1 aromatic rings. The molecule has 2 unspecified atom stereocenters. The summed E-state index contributed by atoms with van der Waals surface area (Å²) in [5.41, 5.74) is 4.50. The van der Waals surface area contributed by atoms with Crippen molar-refractivity contribution in [1.82, 2.24) is 0 Å². The van der Waals surface area contributed by atoms with E-state index in [-0.39, 0.29) is 19.3 Å². The second kappa shape index (κ2) is 5.75. The average molecular weight is 321 g/mol. The predicted octanol–water partition coefficient (Wildman–Crippen LogP) is 3.73. The van der Waals surface area contributed by atoms with Crippen LogP contribution in [0.4, 0.5) is 18.9 Å². The van der Waals surface area contributed by atoms with E-state index < -0.39 is 23.5 Å². The first-order valence-electron chi connectivity index (χ1n) is 6.63. The summed E-state index contributed by atoms with van der Waals surface area (Å²) >= 11 is 5.85. The fourth-order valence-electron chi connectivity index (χ4n) is 2.80. The van der Waals surface area contributed by atoms with Crippen LogP contribution in [0.2, 0.25) is 5.02 Å². The fourth-order valence-corrected chi connectivity index (χ4v) is 2.99. The maximum absolute atomic E-state index is 12.9. The number of amides is 1. The Morgan fingerprint density at radius 3 is 2.71 bits per heavy atom. The van der Waals surface area contributed by atoms with Crippen LogP contribution in [-0.2, 0) is 4.79 Å². The second-order valence-electron chi connectivity index (χ2n) is 5.42. The number of nitrogens with one attached hydrogen (secondary N) is 1. The summed E-state index contributed by atoms with van der Waals surface area (Å²) in [6.07, 6.45) is -4.08. The van der Waals surface area contributed by atoms with Gasteiger partial charge in [0.2, 0.25) is 5.91 Å². The number of benzene rings is 1. The van der Waals surface area contributed by atoms with E-state index in [2.05, 4.69) is 5.32 Å². The second-order valence-corrected chi connectivity index (χ2v) is 5.85. The van der Waals surface area contributed by atoms with Crippen molar-refractivity contribution in [2.24, 2.45) is 11.7 Å². The van der Waals surface area contributed by atoms with E-state index in [1.165, 1.54) is 0 Å². The van der Waals surface area contributed by atoms with Gasteiger partial charge in [0.1, 0.15) is 5.54 Å². The van der Waals surface area contributed by atoms with Crippen LogP contribution in [0.25, 0.3) is 0 Å². The summed E-state index contributed by atoms with van der Waals surface area (Å²) in [6.45, 7) is 0. The van der Waals surface area contributed by atoms with Crippen LogP contribution >= 0.6 is 11.6 Å². The summed E-state index contributed by atoms with van der Waals surface area (Å²) in [5.74, 6) is -2.29. The third kappa shape index (κ3) is 3.61. The van der Waals surface area contributed by atoms with Crippen LogP contribution in [0.1, 0.15) is 25.7 Å². The SMILES string of the molecule is NC(=O)C1(Nc2cccc(Cl)c2)CCCC(C(F)(F)F)C1. The maximum atomic E-state index is 12.9.